The number of aromatic nitrogens is 2. The number of urea groups is 1. The van der Waals surface area contributed by atoms with Crippen molar-refractivity contribution in [1.82, 2.24) is 25.6 Å². The second kappa shape index (κ2) is 11.2. The SMILES string of the molecule is CCCOc1ccc(C(C)NC(=O)NNC(=O)c2c(C)nc3ccccn23)cc1OCCC. The smallest absolute Gasteiger partial charge is 0.333 e. The molecule has 0 saturated heterocycles. The number of hydrogen-bond donors (Lipinski definition) is 3. The van der Waals surface area contributed by atoms with Crippen molar-refractivity contribution in [3.63, 3.8) is 0 Å². The van der Waals surface area contributed by atoms with E-state index in [2.05, 4.69) is 21.2 Å². The van der Waals surface area contributed by atoms with E-state index in [1.807, 2.05) is 57.2 Å². The van der Waals surface area contributed by atoms with E-state index >= 15 is 0 Å². The molecule has 0 bridgehead atoms. The second-order valence-corrected chi connectivity index (χ2v) is 7.65. The van der Waals surface area contributed by atoms with E-state index in [1.54, 1.807) is 17.5 Å². The maximum Gasteiger partial charge on any atom is 0.333 e. The van der Waals surface area contributed by atoms with Crippen molar-refractivity contribution in [3.05, 3.63) is 59.5 Å². The lowest BCUT2D eigenvalue weighted by Gasteiger charge is -2.18. The largest absolute Gasteiger partial charge is 0.490 e. The van der Waals surface area contributed by atoms with E-state index in [1.165, 1.54) is 0 Å². The Morgan fingerprint density at radius 3 is 2.48 bits per heavy atom. The van der Waals surface area contributed by atoms with Gasteiger partial charge in [-0.1, -0.05) is 26.0 Å². The number of benzene rings is 1. The zero-order chi connectivity index (χ0) is 23.8. The number of imidazole rings is 1. The monoisotopic (exact) mass is 453 g/mol. The van der Waals surface area contributed by atoms with Gasteiger partial charge in [-0.15, -0.1) is 0 Å². The normalized spacial score (nSPS) is 11.6. The fourth-order valence-electron chi connectivity index (χ4n) is 3.33. The topological polar surface area (TPSA) is 106 Å². The molecule has 9 heteroatoms. The summed E-state index contributed by atoms with van der Waals surface area (Å²) in [5.74, 6) is 0.872. The van der Waals surface area contributed by atoms with Crippen LogP contribution in [-0.2, 0) is 0 Å². The lowest BCUT2D eigenvalue weighted by atomic mass is 10.1. The summed E-state index contributed by atoms with van der Waals surface area (Å²) < 4.78 is 13.3. The average Bonchev–Trinajstić information content (AvgIpc) is 3.15. The number of fused-ring (bicyclic) bond motifs is 1. The van der Waals surface area contributed by atoms with Gasteiger partial charge >= 0.3 is 6.03 Å². The molecule has 3 amide bonds. The summed E-state index contributed by atoms with van der Waals surface area (Å²) in [7, 11) is 0. The highest BCUT2D eigenvalue weighted by molar-refractivity contribution is 5.95. The molecule has 176 valence electrons. The van der Waals surface area contributed by atoms with E-state index in [0.29, 0.717) is 41.7 Å². The molecule has 9 nitrogen and oxygen atoms in total. The van der Waals surface area contributed by atoms with E-state index in [9.17, 15) is 9.59 Å². The standard InChI is InChI=1S/C24H31N5O4/c1-5-13-32-19-11-10-18(15-20(19)33-14-6-2)16(3)26-24(31)28-27-23(30)22-17(4)25-21-9-7-8-12-29(21)22/h7-12,15-16H,5-6,13-14H2,1-4H3,(H,27,30)(H2,26,28,31). The Bertz CT molecular complexity index is 1110. The van der Waals surface area contributed by atoms with Crippen LogP contribution in [0.2, 0.25) is 0 Å². The van der Waals surface area contributed by atoms with Gasteiger partial charge in [0, 0.05) is 6.20 Å². The number of hydrogen-bond acceptors (Lipinski definition) is 5. The molecule has 3 aromatic rings. The van der Waals surface area contributed by atoms with Crippen LogP contribution in [0.15, 0.2) is 42.6 Å². The molecule has 0 radical (unpaired) electrons. The first kappa shape index (κ1) is 23.9. The summed E-state index contributed by atoms with van der Waals surface area (Å²) in [5, 5.41) is 2.81. The molecule has 1 unspecified atom stereocenters. The Morgan fingerprint density at radius 1 is 1.03 bits per heavy atom. The molecular formula is C24H31N5O4. The quantitative estimate of drug-likeness (QED) is 0.426. The maximum atomic E-state index is 12.6. The van der Waals surface area contributed by atoms with Crippen molar-refractivity contribution < 1.29 is 19.1 Å². The van der Waals surface area contributed by atoms with Crippen LogP contribution in [0, 0.1) is 6.92 Å². The van der Waals surface area contributed by atoms with E-state index in [-0.39, 0.29) is 6.04 Å². The maximum absolute atomic E-state index is 12.6. The van der Waals surface area contributed by atoms with E-state index in [4.69, 9.17) is 9.47 Å². The number of aryl methyl sites for hydroxylation is 1. The van der Waals surface area contributed by atoms with Crippen molar-refractivity contribution in [2.75, 3.05) is 13.2 Å². The fourth-order valence-corrected chi connectivity index (χ4v) is 3.33. The number of pyridine rings is 1. The zero-order valence-electron chi connectivity index (χ0n) is 19.5. The van der Waals surface area contributed by atoms with Gasteiger partial charge in [-0.2, -0.15) is 0 Å². The first-order chi connectivity index (χ1) is 15.9. The van der Waals surface area contributed by atoms with Gasteiger partial charge in [0.15, 0.2) is 11.5 Å². The molecule has 33 heavy (non-hydrogen) atoms. The van der Waals surface area contributed by atoms with Gasteiger partial charge in [0.2, 0.25) is 0 Å². The highest BCUT2D eigenvalue weighted by atomic mass is 16.5. The third-order valence-electron chi connectivity index (χ3n) is 4.95. The summed E-state index contributed by atoms with van der Waals surface area (Å²) in [5.41, 5.74) is 7.28. The molecule has 0 fully saturated rings. The van der Waals surface area contributed by atoms with Crippen LogP contribution in [0.1, 0.15) is 61.4 Å². The van der Waals surface area contributed by atoms with Crippen LogP contribution in [0.5, 0.6) is 11.5 Å². The lowest BCUT2D eigenvalue weighted by molar-refractivity contribution is 0.0929. The minimum absolute atomic E-state index is 0.330. The predicted molar refractivity (Wildman–Crippen MR) is 125 cm³/mol. The molecule has 1 atom stereocenters. The van der Waals surface area contributed by atoms with Crippen LogP contribution in [-0.4, -0.2) is 34.5 Å². The summed E-state index contributed by atoms with van der Waals surface area (Å²) in [6.45, 7) is 8.85. The minimum Gasteiger partial charge on any atom is -0.490 e. The molecule has 0 saturated carbocycles. The molecule has 3 N–H and O–H groups in total. The number of carbonyl (C=O) groups excluding carboxylic acids is 2. The fraction of sp³-hybridized carbons (Fsp3) is 0.375. The van der Waals surface area contributed by atoms with Crippen LogP contribution in [0.3, 0.4) is 0 Å². The van der Waals surface area contributed by atoms with Gasteiger partial charge in [0.25, 0.3) is 5.91 Å². The van der Waals surface area contributed by atoms with Crippen molar-refractivity contribution in [2.45, 2.75) is 46.6 Å². The highest BCUT2D eigenvalue weighted by Crippen LogP contribution is 2.31. The van der Waals surface area contributed by atoms with Gasteiger partial charge < -0.3 is 14.8 Å². The van der Waals surface area contributed by atoms with Crippen molar-refractivity contribution >= 4 is 17.6 Å². The number of hydrazine groups is 1. The van der Waals surface area contributed by atoms with Gasteiger partial charge in [0.05, 0.1) is 24.9 Å². The van der Waals surface area contributed by atoms with Crippen LogP contribution in [0.25, 0.3) is 5.65 Å². The Balaban J connectivity index is 1.61. The molecule has 0 spiro atoms. The third-order valence-corrected chi connectivity index (χ3v) is 4.95. The van der Waals surface area contributed by atoms with Gasteiger partial charge in [-0.25, -0.2) is 15.2 Å². The molecule has 1 aromatic carbocycles. The second-order valence-electron chi connectivity index (χ2n) is 7.65. The van der Waals surface area contributed by atoms with Crippen LogP contribution < -0.4 is 25.6 Å². The molecule has 3 rings (SSSR count). The molecule has 0 aliphatic carbocycles. The predicted octanol–water partition coefficient (Wildman–Crippen LogP) is 3.93. The lowest BCUT2D eigenvalue weighted by Crippen LogP contribution is -2.47. The first-order valence-electron chi connectivity index (χ1n) is 11.1. The van der Waals surface area contributed by atoms with Crippen molar-refractivity contribution in [1.29, 1.82) is 0 Å². The summed E-state index contributed by atoms with van der Waals surface area (Å²) in [4.78, 5) is 29.4. The van der Waals surface area contributed by atoms with Gasteiger partial charge in [0.1, 0.15) is 11.3 Å². The van der Waals surface area contributed by atoms with Crippen molar-refractivity contribution in [3.8, 4) is 11.5 Å². The third kappa shape index (κ3) is 5.94. The molecule has 0 aliphatic heterocycles. The van der Waals surface area contributed by atoms with E-state index in [0.717, 1.165) is 18.4 Å². The van der Waals surface area contributed by atoms with Gasteiger partial charge in [-0.3, -0.25) is 14.6 Å². The summed E-state index contributed by atoms with van der Waals surface area (Å²) in [6, 6.07) is 10.2. The Morgan fingerprint density at radius 2 is 1.76 bits per heavy atom. The zero-order valence-corrected chi connectivity index (χ0v) is 19.5. The Kier molecular flexibility index (Phi) is 8.12. The Hall–Kier alpha value is -3.75. The van der Waals surface area contributed by atoms with Crippen molar-refractivity contribution in [2.24, 2.45) is 0 Å². The summed E-state index contributed by atoms with van der Waals surface area (Å²) in [6.07, 6.45) is 3.52. The first-order valence-corrected chi connectivity index (χ1v) is 11.1. The molecule has 0 aliphatic rings. The number of nitrogens with one attached hydrogen (secondary N) is 3. The Labute approximate surface area is 193 Å². The van der Waals surface area contributed by atoms with Crippen LogP contribution in [0.4, 0.5) is 4.79 Å². The van der Waals surface area contributed by atoms with Crippen LogP contribution >= 0.6 is 0 Å². The number of rotatable bonds is 9. The molecule has 2 aromatic heterocycles. The number of ether oxygens (including phenoxy) is 2. The highest BCUT2D eigenvalue weighted by Gasteiger charge is 2.18. The van der Waals surface area contributed by atoms with E-state index < -0.39 is 11.9 Å². The number of carbonyl (C=O) groups is 2. The minimum atomic E-state index is -0.537. The number of amides is 3. The average molecular weight is 454 g/mol. The van der Waals surface area contributed by atoms with Gasteiger partial charge in [-0.05, 0) is 56.5 Å². The molecular weight excluding hydrogens is 422 g/mol. The number of nitrogens with zero attached hydrogens (tertiary/aromatic N) is 2. The molecule has 2 heterocycles. The summed E-state index contributed by atoms with van der Waals surface area (Å²) >= 11 is 0.